The summed E-state index contributed by atoms with van der Waals surface area (Å²) in [4.78, 5) is 31.3. The molecular formula is C12H14N2O5. The van der Waals surface area contributed by atoms with Crippen LogP contribution >= 0.6 is 0 Å². The van der Waals surface area contributed by atoms with Crippen molar-refractivity contribution in [2.45, 2.75) is 19.3 Å². The molecule has 1 aromatic rings. The molecule has 0 spiro atoms. The van der Waals surface area contributed by atoms with Crippen molar-refractivity contribution in [2.75, 3.05) is 6.54 Å². The van der Waals surface area contributed by atoms with Gasteiger partial charge in [0.15, 0.2) is 0 Å². The van der Waals surface area contributed by atoms with E-state index >= 15 is 0 Å². The van der Waals surface area contributed by atoms with Gasteiger partial charge in [-0.2, -0.15) is 0 Å². The van der Waals surface area contributed by atoms with Crippen molar-refractivity contribution in [1.82, 2.24) is 0 Å². The predicted octanol–water partition coefficient (Wildman–Crippen LogP) is 2.18. The summed E-state index contributed by atoms with van der Waals surface area (Å²) in [7, 11) is 0. The number of nitro benzene ring substituents is 1. The van der Waals surface area contributed by atoms with Gasteiger partial charge in [-0.25, -0.2) is 0 Å². The average Bonchev–Trinajstić information content (AvgIpc) is 2.38. The number of carbonyl (C=O) groups excluding carboxylic acids is 1. The maximum Gasteiger partial charge on any atom is 0.269 e. The summed E-state index contributed by atoms with van der Waals surface area (Å²) in [5, 5.41) is 21.4. The lowest BCUT2D eigenvalue weighted by atomic mass is 9.85. The van der Waals surface area contributed by atoms with Gasteiger partial charge in [0.1, 0.15) is 6.29 Å². The Kier molecular flexibility index (Phi) is 5.11. The van der Waals surface area contributed by atoms with E-state index in [9.17, 15) is 25.0 Å². The van der Waals surface area contributed by atoms with Crippen LogP contribution in [-0.2, 0) is 4.79 Å². The van der Waals surface area contributed by atoms with Gasteiger partial charge in [0.05, 0.1) is 10.8 Å². The minimum Gasteiger partial charge on any atom is -0.303 e. The Morgan fingerprint density at radius 2 is 2.00 bits per heavy atom. The largest absolute Gasteiger partial charge is 0.303 e. The van der Waals surface area contributed by atoms with E-state index < -0.39 is 28.2 Å². The van der Waals surface area contributed by atoms with E-state index in [1.165, 1.54) is 18.2 Å². The van der Waals surface area contributed by atoms with E-state index in [0.29, 0.717) is 18.3 Å². The highest BCUT2D eigenvalue weighted by Gasteiger charge is 2.27. The molecule has 0 aliphatic heterocycles. The van der Waals surface area contributed by atoms with Crippen LogP contribution in [0.25, 0.3) is 0 Å². The molecule has 102 valence electrons. The molecule has 0 bridgehead atoms. The number of aldehydes is 1. The van der Waals surface area contributed by atoms with Gasteiger partial charge in [0.25, 0.3) is 5.69 Å². The molecule has 0 fully saturated rings. The van der Waals surface area contributed by atoms with E-state index in [4.69, 9.17) is 0 Å². The Labute approximate surface area is 109 Å². The van der Waals surface area contributed by atoms with E-state index in [0.717, 1.165) is 0 Å². The first kappa shape index (κ1) is 14.7. The molecule has 0 saturated carbocycles. The van der Waals surface area contributed by atoms with Crippen LogP contribution in [-0.4, -0.2) is 22.7 Å². The number of nitro groups is 2. The van der Waals surface area contributed by atoms with Crippen LogP contribution in [0.15, 0.2) is 24.3 Å². The van der Waals surface area contributed by atoms with Crippen molar-refractivity contribution >= 4 is 12.0 Å². The molecule has 0 aliphatic rings. The second-order valence-electron chi connectivity index (χ2n) is 4.18. The van der Waals surface area contributed by atoms with Crippen molar-refractivity contribution < 1.29 is 14.6 Å². The lowest BCUT2D eigenvalue weighted by molar-refractivity contribution is -0.484. The third-order valence-electron chi connectivity index (χ3n) is 3.02. The third kappa shape index (κ3) is 3.84. The van der Waals surface area contributed by atoms with Gasteiger partial charge in [0, 0.05) is 23.0 Å². The van der Waals surface area contributed by atoms with Crippen LogP contribution in [0.5, 0.6) is 0 Å². The lowest BCUT2D eigenvalue weighted by Crippen LogP contribution is -2.22. The fraction of sp³-hybridized carbons (Fsp3) is 0.417. The van der Waals surface area contributed by atoms with Crippen molar-refractivity contribution in [1.29, 1.82) is 0 Å². The van der Waals surface area contributed by atoms with E-state index in [2.05, 4.69) is 0 Å². The molecule has 0 saturated heterocycles. The highest BCUT2D eigenvalue weighted by Crippen LogP contribution is 2.28. The van der Waals surface area contributed by atoms with Crippen molar-refractivity contribution in [3.8, 4) is 0 Å². The minimum absolute atomic E-state index is 0.133. The van der Waals surface area contributed by atoms with Gasteiger partial charge in [-0.15, -0.1) is 0 Å². The molecule has 0 radical (unpaired) electrons. The molecule has 0 amide bonds. The summed E-state index contributed by atoms with van der Waals surface area (Å²) in [5.74, 6) is -1.16. The summed E-state index contributed by atoms with van der Waals surface area (Å²) in [6.07, 6.45) is 1.12. The molecule has 7 nitrogen and oxygen atoms in total. The number of hydrogen-bond acceptors (Lipinski definition) is 5. The van der Waals surface area contributed by atoms with Crippen LogP contribution < -0.4 is 0 Å². The van der Waals surface area contributed by atoms with Crippen LogP contribution in [0.3, 0.4) is 0 Å². The molecule has 0 N–H and O–H groups in total. The normalized spacial score (nSPS) is 13.5. The highest BCUT2D eigenvalue weighted by molar-refractivity contribution is 5.56. The first-order valence-corrected chi connectivity index (χ1v) is 5.81. The summed E-state index contributed by atoms with van der Waals surface area (Å²) in [6.45, 7) is 1.34. The molecule has 0 heterocycles. The minimum atomic E-state index is -0.641. The Hall–Kier alpha value is -2.31. The first-order valence-electron chi connectivity index (χ1n) is 5.81. The fourth-order valence-corrected chi connectivity index (χ4v) is 1.99. The van der Waals surface area contributed by atoms with Gasteiger partial charge in [-0.1, -0.05) is 19.1 Å². The number of non-ortho nitro benzene ring substituents is 1. The first-order chi connectivity index (χ1) is 8.99. The zero-order valence-corrected chi connectivity index (χ0v) is 10.4. The summed E-state index contributed by atoms with van der Waals surface area (Å²) < 4.78 is 0. The second kappa shape index (κ2) is 6.58. The number of nitrogens with zero attached hydrogens (tertiary/aromatic N) is 2. The molecule has 0 unspecified atom stereocenters. The predicted molar refractivity (Wildman–Crippen MR) is 67.5 cm³/mol. The van der Waals surface area contributed by atoms with Gasteiger partial charge < -0.3 is 4.79 Å². The molecule has 0 aliphatic carbocycles. The smallest absolute Gasteiger partial charge is 0.269 e. The van der Waals surface area contributed by atoms with Crippen LogP contribution in [0.2, 0.25) is 0 Å². The quantitative estimate of drug-likeness (QED) is 0.427. The Balaban J connectivity index is 3.15. The van der Waals surface area contributed by atoms with Gasteiger partial charge in [0.2, 0.25) is 6.54 Å². The molecule has 1 rings (SSSR count). The van der Waals surface area contributed by atoms with Crippen LogP contribution in [0.1, 0.15) is 24.8 Å². The zero-order valence-electron chi connectivity index (χ0n) is 10.4. The summed E-state index contributed by atoms with van der Waals surface area (Å²) in [5.41, 5.74) is 0.316. The number of hydrogen-bond donors (Lipinski definition) is 0. The summed E-state index contributed by atoms with van der Waals surface area (Å²) in [6, 6.07) is 5.65. The van der Waals surface area contributed by atoms with Crippen molar-refractivity contribution in [3.05, 3.63) is 50.1 Å². The molecule has 0 aromatic heterocycles. The number of carbonyl (C=O) groups is 1. The van der Waals surface area contributed by atoms with Gasteiger partial charge >= 0.3 is 0 Å². The van der Waals surface area contributed by atoms with Crippen molar-refractivity contribution in [3.63, 3.8) is 0 Å². The molecular weight excluding hydrogens is 252 g/mol. The molecule has 1 aromatic carbocycles. The topological polar surface area (TPSA) is 103 Å². The maximum atomic E-state index is 11.0. The third-order valence-corrected chi connectivity index (χ3v) is 3.02. The monoisotopic (exact) mass is 266 g/mol. The molecule has 19 heavy (non-hydrogen) atoms. The van der Waals surface area contributed by atoms with E-state index in [-0.39, 0.29) is 5.69 Å². The number of benzene rings is 1. The second-order valence-corrected chi connectivity index (χ2v) is 4.18. The van der Waals surface area contributed by atoms with Crippen LogP contribution in [0.4, 0.5) is 5.69 Å². The zero-order chi connectivity index (χ0) is 14.4. The molecule has 2 atom stereocenters. The lowest BCUT2D eigenvalue weighted by Gasteiger charge is -2.18. The highest BCUT2D eigenvalue weighted by atomic mass is 16.6. The number of rotatable bonds is 7. The Morgan fingerprint density at radius 3 is 2.47 bits per heavy atom. The average molecular weight is 266 g/mol. The van der Waals surface area contributed by atoms with Crippen LogP contribution in [0, 0.1) is 26.1 Å². The SMILES string of the molecule is CC[C@H](C=O)[C@@H](C[N+](=O)[O-])c1cccc([N+](=O)[O-])c1. The summed E-state index contributed by atoms with van der Waals surface area (Å²) >= 11 is 0. The fourth-order valence-electron chi connectivity index (χ4n) is 1.99. The van der Waals surface area contributed by atoms with Gasteiger partial charge in [-0.3, -0.25) is 20.2 Å². The Bertz CT molecular complexity index is 489. The van der Waals surface area contributed by atoms with Gasteiger partial charge in [-0.05, 0) is 12.0 Å². The van der Waals surface area contributed by atoms with Crippen molar-refractivity contribution in [2.24, 2.45) is 5.92 Å². The van der Waals surface area contributed by atoms with E-state index in [1.807, 2.05) is 0 Å². The Morgan fingerprint density at radius 1 is 1.32 bits per heavy atom. The molecule has 7 heteroatoms. The maximum absolute atomic E-state index is 11.0. The standard InChI is InChI=1S/C12H14N2O5/c1-2-9(8-15)12(7-13(16)17)10-4-3-5-11(6-10)14(18)19/h3-6,8-9,12H,2,7H2,1H3/t9-,12-/m1/s1. The van der Waals surface area contributed by atoms with E-state index in [1.54, 1.807) is 13.0 Å².